The van der Waals surface area contributed by atoms with Crippen molar-refractivity contribution < 1.29 is 0 Å². The molecular formula is C23H44. The molecule has 136 valence electrons. The summed E-state index contributed by atoms with van der Waals surface area (Å²) >= 11 is 0. The van der Waals surface area contributed by atoms with E-state index in [1.54, 1.807) is 57.8 Å². The predicted octanol–water partition coefficient (Wildman–Crippen LogP) is 8.15. The lowest BCUT2D eigenvalue weighted by atomic mass is 9.67. The quantitative estimate of drug-likeness (QED) is 0.356. The molecule has 0 saturated heterocycles. The summed E-state index contributed by atoms with van der Waals surface area (Å²) in [7, 11) is 0. The van der Waals surface area contributed by atoms with Gasteiger partial charge in [-0.2, -0.15) is 0 Å². The van der Waals surface area contributed by atoms with E-state index < -0.39 is 0 Å². The molecule has 0 bridgehead atoms. The van der Waals surface area contributed by atoms with Gasteiger partial charge in [0.15, 0.2) is 0 Å². The van der Waals surface area contributed by atoms with Crippen molar-refractivity contribution in [3.63, 3.8) is 0 Å². The van der Waals surface area contributed by atoms with Crippen LogP contribution in [0.2, 0.25) is 0 Å². The van der Waals surface area contributed by atoms with Gasteiger partial charge in [0.1, 0.15) is 0 Å². The fourth-order valence-corrected chi connectivity index (χ4v) is 5.50. The molecule has 23 heavy (non-hydrogen) atoms. The van der Waals surface area contributed by atoms with Crippen LogP contribution in [0.1, 0.15) is 123 Å². The third kappa shape index (κ3) is 7.18. The van der Waals surface area contributed by atoms with E-state index in [4.69, 9.17) is 0 Å². The van der Waals surface area contributed by atoms with Gasteiger partial charge in [-0.25, -0.2) is 0 Å². The Hall–Kier alpha value is 0. The van der Waals surface area contributed by atoms with Crippen molar-refractivity contribution >= 4 is 0 Å². The second kappa shape index (κ2) is 11.5. The summed E-state index contributed by atoms with van der Waals surface area (Å²) in [5.74, 6) is 4.39. The maximum atomic E-state index is 2.34. The molecule has 0 heteroatoms. The molecule has 0 spiro atoms. The zero-order chi connectivity index (χ0) is 16.3. The van der Waals surface area contributed by atoms with Gasteiger partial charge < -0.3 is 0 Å². The molecule has 0 aromatic heterocycles. The molecular weight excluding hydrogens is 276 g/mol. The van der Waals surface area contributed by atoms with E-state index in [1.807, 2.05) is 0 Å². The maximum Gasteiger partial charge on any atom is -0.0383 e. The fraction of sp³-hybridized carbons (Fsp3) is 1.00. The minimum atomic E-state index is 1.09. The van der Waals surface area contributed by atoms with Gasteiger partial charge in [0.2, 0.25) is 0 Å². The first-order valence-corrected chi connectivity index (χ1v) is 11.3. The summed E-state index contributed by atoms with van der Waals surface area (Å²) < 4.78 is 0. The smallest absolute Gasteiger partial charge is 0.0383 e. The van der Waals surface area contributed by atoms with Crippen molar-refractivity contribution in [3.05, 3.63) is 0 Å². The van der Waals surface area contributed by atoms with Gasteiger partial charge >= 0.3 is 0 Å². The van der Waals surface area contributed by atoms with Crippen LogP contribution in [0.3, 0.4) is 0 Å². The number of hydrogen-bond donors (Lipinski definition) is 0. The SMILES string of the molecule is CCCCCCC[C@@H]1CCC[C@@H](C2CCC(CCCC)CC2)C1. The van der Waals surface area contributed by atoms with Crippen LogP contribution < -0.4 is 0 Å². The average molecular weight is 321 g/mol. The highest BCUT2D eigenvalue weighted by Gasteiger charge is 2.31. The lowest BCUT2D eigenvalue weighted by Gasteiger charge is -2.38. The van der Waals surface area contributed by atoms with Crippen molar-refractivity contribution in [1.29, 1.82) is 0 Å². The second-order valence-corrected chi connectivity index (χ2v) is 8.92. The van der Waals surface area contributed by atoms with E-state index in [-0.39, 0.29) is 0 Å². The van der Waals surface area contributed by atoms with Gasteiger partial charge in [-0.15, -0.1) is 0 Å². The van der Waals surface area contributed by atoms with Crippen molar-refractivity contribution in [1.82, 2.24) is 0 Å². The summed E-state index contributed by atoms with van der Waals surface area (Å²) in [6, 6.07) is 0. The topological polar surface area (TPSA) is 0 Å². The summed E-state index contributed by atoms with van der Waals surface area (Å²) in [4.78, 5) is 0. The summed E-state index contributed by atoms with van der Waals surface area (Å²) in [5.41, 5.74) is 0. The Morgan fingerprint density at radius 3 is 2.00 bits per heavy atom. The third-order valence-corrected chi connectivity index (χ3v) is 7.06. The van der Waals surface area contributed by atoms with Crippen LogP contribution in [-0.4, -0.2) is 0 Å². The molecule has 0 unspecified atom stereocenters. The zero-order valence-corrected chi connectivity index (χ0v) is 16.3. The molecule has 2 saturated carbocycles. The molecule has 2 atom stereocenters. The Bertz CT molecular complexity index is 274. The van der Waals surface area contributed by atoms with E-state index >= 15 is 0 Å². The number of hydrogen-bond acceptors (Lipinski definition) is 0. The first kappa shape index (κ1) is 19.3. The molecule has 0 heterocycles. The first-order valence-electron chi connectivity index (χ1n) is 11.3. The van der Waals surface area contributed by atoms with Crippen LogP contribution in [0.4, 0.5) is 0 Å². The highest BCUT2D eigenvalue weighted by atomic mass is 14.4. The second-order valence-electron chi connectivity index (χ2n) is 8.92. The van der Waals surface area contributed by atoms with Gasteiger partial charge in [0.25, 0.3) is 0 Å². The lowest BCUT2D eigenvalue weighted by molar-refractivity contribution is 0.132. The van der Waals surface area contributed by atoms with Crippen molar-refractivity contribution in [2.45, 2.75) is 123 Å². The first-order chi connectivity index (χ1) is 11.3. The van der Waals surface area contributed by atoms with Gasteiger partial charge in [-0.05, 0) is 42.9 Å². The maximum absolute atomic E-state index is 2.34. The Morgan fingerprint density at radius 2 is 1.26 bits per heavy atom. The fourth-order valence-electron chi connectivity index (χ4n) is 5.50. The van der Waals surface area contributed by atoms with Crippen molar-refractivity contribution in [3.8, 4) is 0 Å². The van der Waals surface area contributed by atoms with Crippen molar-refractivity contribution in [2.75, 3.05) is 0 Å². The highest BCUT2D eigenvalue weighted by Crippen LogP contribution is 2.43. The van der Waals surface area contributed by atoms with E-state index in [2.05, 4.69) is 13.8 Å². The number of rotatable bonds is 10. The van der Waals surface area contributed by atoms with Crippen LogP contribution in [0.15, 0.2) is 0 Å². The van der Waals surface area contributed by atoms with Gasteiger partial charge in [0.05, 0.1) is 0 Å². The van der Waals surface area contributed by atoms with E-state index in [0.29, 0.717) is 0 Å². The molecule has 0 N–H and O–H groups in total. The molecule has 2 fully saturated rings. The Kier molecular flexibility index (Phi) is 9.69. The van der Waals surface area contributed by atoms with Crippen LogP contribution in [0.5, 0.6) is 0 Å². The molecule has 0 radical (unpaired) electrons. The molecule has 2 rings (SSSR count). The molecule has 2 aliphatic rings. The van der Waals surface area contributed by atoms with Crippen LogP contribution in [-0.2, 0) is 0 Å². The Balaban J connectivity index is 1.62. The molecule has 0 nitrogen and oxygen atoms in total. The molecule has 0 aromatic rings. The van der Waals surface area contributed by atoms with Crippen LogP contribution in [0, 0.1) is 23.7 Å². The van der Waals surface area contributed by atoms with Crippen molar-refractivity contribution in [2.24, 2.45) is 23.7 Å². The van der Waals surface area contributed by atoms with E-state index in [1.165, 1.54) is 51.4 Å². The molecule has 2 aliphatic carbocycles. The Labute approximate surface area is 147 Å². The minimum Gasteiger partial charge on any atom is -0.0654 e. The molecule has 0 aliphatic heterocycles. The number of unbranched alkanes of at least 4 members (excludes halogenated alkanes) is 5. The van der Waals surface area contributed by atoms with Crippen LogP contribution in [0.25, 0.3) is 0 Å². The zero-order valence-electron chi connectivity index (χ0n) is 16.3. The van der Waals surface area contributed by atoms with Crippen LogP contribution >= 0.6 is 0 Å². The molecule has 0 amide bonds. The van der Waals surface area contributed by atoms with Gasteiger partial charge in [0, 0.05) is 0 Å². The predicted molar refractivity (Wildman–Crippen MR) is 104 cm³/mol. The highest BCUT2D eigenvalue weighted by molar-refractivity contribution is 4.82. The normalized spacial score (nSPS) is 32.1. The summed E-state index contributed by atoms with van der Waals surface area (Å²) in [6.45, 7) is 4.67. The monoisotopic (exact) mass is 320 g/mol. The summed E-state index contributed by atoms with van der Waals surface area (Å²) in [5, 5.41) is 0. The third-order valence-electron chi connectivity index (χ3n) is 7.06. The minimum absolute atomic E-state index is 1.09. The standard InChI is InChI=1S/C23H44/c1-3-5-7-8-9-12-21-13-10-14-23(19-21)22-17-15-20(16-18-22)11-6-4-2/h20-23H,3-19H2,1-2H3/t20?,21-,22?,23-/m1/s1. The van der Waals surface area contributed by atoms with Gasteiger partial charge in [-0.3, -0.25) is 0 Å². The summed E-state index contributed by atoms with van der Waals surface area (Å²) in [6.07, 6.45) is 25.8. The lowest BCUT2D eigenvalue weighted by Crippen LogP contribution is -2.26. The average Bonchev–Trinajstić information content (AvgIpc) is 2.60. The van der Waals surface area contributed by atoms with E-state index in [0.717, 1.165) is 23.7 Å². The van der Waals surface area contributed by atoms with Gasteiger partial charge in [-0.1, -0.05) is 104 Å². The largest absolute Gasteiger partial charge is 0.0654 e. The molecule has 0 aromatic carbocycles. The Morgan fingerprint density at radius 1 is 0.565 bits per heavy atom. The van der Waals surface area contributed by atoms with E-state index in [9.17, 15) is 0 Å².